The van der Waals surface area contributed by atoms with Gasteiger partial charge in [0, 0.05) is 32.1 Å². The number of carbonyl (C=O) groups is 1. The third-order valence-corrected chi connectivity index (χ3v) is 6.42. The van der Waals surface area contributed by atoms with Crippen LogP contribution in [-0.4, -0.2) is 52.8 Å². The molecule has 3 heterocycles. The first kappa shape index (κ1) is 21.5. The Morgan fingerprint density at radius 1 is 1.26 bits per heavy atom. The molecule has 0 spiro atoms. The summed E-state index contributed by atoms with van der Waals surface area (Å²) in [4.78, 5) is 17.6. The quantitative estimate of drug-likeness (QED) is 0.527. The summed E-state index contributed by atoms with van der Waals surface area (Å²) < 4.78 is 10.8. The van der Waals surface area contributed by atoms with Gasteiger partial charge in [0.25, 0.3) is 5.91 Å². The first-order valence-corrected chi connectivity index (χ1v) is 11.5. The highest BCUT2D eigenvalue weighted by Gasteiger charge is 2.25. The maximum absolute atomic E-state index is 12.6. The molecule has 0 bridgehead atoms. The van der Waals surface area contributed by atoms with Gasteiger partial charge in [-0.1, -0.05) is 28.5 Å². The maximum Gasteiger partial charge on any atom is 0.263 e. The second-order valence-corrected chi connectivity index (χ2v) is 9.11. The zero-order chi connectivity index (χ0) is 21.6. The Morgan fingerprint density at radius 2 is 2.10 bits per heavy atom. The summed E-state index contributed by atoms with van der Waals surface area (Å²) in [6.45, 7) is 5.61. The lowest BCUT2D eigenvalue weighted by atomic mass is 9.99. The number of ether oxygens (including phenoxy) is 1. The molecule has 1 aliphatic rings. The standard InChI is InChI=1S/C23H28N4O3S/c1-17-21(25-30-24-17)15-26(2)13-18-7-9-20(10-8-18)29-16-19-5-3-11-27(14-19)23(28)22-6-4-12-31-22/h4,6-10,12,19H,3,5,11,13-16H2,1-2H3/t19-/m0/s1. The second-order valence-electron chi connectivity index (χ2n) is 8.16. The SMILES string of the molecule is Cc1nonc1CN(C)Cc1ccc(OC[C@H]2CCCN(C(=O)c3cccs3)C2)cc1. The minimum absolute atomic E-state index is 0.143. The Kier molecular flexibility index (Phi) is 6.99. The minimum atomic E-state index is 0.143. The number of likely N-dealkylation sites (tertiary alicyclic amines) is 1. The van der Waals surface area contributed by atoms with Crippen LogP contribution in [0.2, 0.25) is 0 Å². The van der Waals surface area contributed by atoms with Crippen molar-refractivity contribution in [3.63, 3.8) is 0 Å². The summed E-state index contributed by atoms with van der Waals surface area (Å²) in [6, 6.07) is 12.0. The van der Waals surface area contributed by atoms with Crippen molar-refractivity contribution < 1.29 is 14.2 Å². The summed E-state index contributed by atoms with van der Waals surface area (Å²) in [5, 5.41) is 9.71. The summed E-state index contributed by atoms with van der Waals surface area (Å²) in [5.41, 5.74) is 2.89. The molecule has 1 fully saturated rings. The van der Waals surface area contributed by atoms with Crippen molar-refractivity contribution in [1.82, 2.24) is 20.1 Å². The van der Waals surface area contributed by atoms with Gasteiger partial charge in [-0.15, -0.1) is 11.3 Å². The van der Waals surface area contributed by atoms with E-state index >= 15 is 0 Å². The Labute approximate surface area is 186 Å². The van der Waals surface area contributed by atoms with E-state index in [4.69, 9.17) is 9.37 Å². The molecule has 8 heteroatoms. The van der Waals surface area contributed by atoms with Crippen molar-refractivity contribution in [3.8, 4) is 5.75 Å². The van der Waals surface area contributed by atoms with Gasteiger partial charge < -0.3 is 9.64 Å². The highest BCUT2D eigenvalue weighted by molar-refractivity contribution is 7.12. The number of aryl methyl sites for hydroxylation is 1. The van der Waals surface area contributed by atoms with Crippen LogP contribution in [0.1, 0.15) is 39.5 Å². The number of amides is 1. The number of hydrogen-bond acceptors (Lipinski definition) is 7. The molecule has 31 heavy (non-hydrogen) atoms. The van der Waals surface area contributed by atoms with Gasteiger partial charge in [0.2, 0.25) is 0 Å². The van der Waals surface area contributed by atoms with Gasteiger partial charge in [-0.2, -0.15) is 0 Å². The van der Waals surface area contributed by atoms with Crippen LogP contribution in [0.3, 0.4) is 0 Å². The van der Waals surface area contributed by atoms with E-state index in [0.29, 0.717) is 19.1 Å². The predicted molar refractivity (Wildman–Crippen MR) is 119 cm³/mol. The number of nitrogens with zero attached hydrogens (tertiary/aromatic N) is 4. The lowest BCUT2D eigenvalue weighted by molar-refractivity contribution is 0.0638. The Balaban J connectivity index is 1.24. The molecule has 1 atom stereocenters. The van der Waals surface area contributed by atoms with Crippen molar-refractivity contribution in [2.45, 2.75) is 32.9 Å². The van der Waals surface area contributed by atoms with E-state index in [9.17, 15) is 4.79 Å². The minimum Gasteiger partial charge on any atom is -0.493 e. The van der Waals surface area contributed by atoms with Gasteiger partial charge in [0.15, 0.2) is 0 Å². The van der Waals surface area contributed by atoms with Gasteiger partial charge in [-0.3, -0.25) is 9.69 Å². The number of carbonyl (C=O) groups excluding carboxylic acids is 1. The maximum atomic E-state index is 12.6. The highest BCUT2D eigenvalue weighted by atomic mass is 32.1. The topological polar surface area (TPSA) is 71.7 Å². The van der Waals surface area contributed by atoms with E-state index in [1.807, 2.05) is 48.5 Å². The number of thiophene rings is 1. The van der Waals surface area contributed by atoms with Crippen LogP contribution in [0.5, 0.6) is 5.75 Å². The molecule has 0 radical (unpaired) electrons. The second kappa shape index (κ2) is 10.1. The van der Waals surface area contributed by atoms with E-state index in [1.54, 1.807) is 0 Å². The lowest BCUT2D eigenvalue weighted by Gasteiger charge is -2.32. The monoisotopic (exact) mass is 440 g/mol. The summed E-state index contributed by atoms with van der Waals surface area (Å²) in [5.74, 6) is 1.37. The summed E-state index contributed by atoms with van der Waals surface area (Å²) >= 11 is 1.51. The molecule has 164 valence electrons. The number of piperidine rings is 1. The fourth-order valence-electron chi connectivity index (χ4n) is 3.86. The molecular formula is C23H28N4O3S. The van der Waals surface area contributed by atoms with E-state index < -0.39 is 0 Å². The summed E-state index contributed by atoms with van der Waals surface area (Å²) in [7, 11) is 2.05. The van der Waals surface area contributed by atoms with Gasteiger partial charge in [0.1, 0.15) is 17.1 Å². The molecule has 0 aliphatic carbocycles. The number of rotatable bonds is 8. The molecule has 2 aromatic heterocycles. The first-order valence-electron chi connectivity index (χ1n) is 10.6. The van der Waals surface area contributed by atoms with Crippen LogP contribution in [0, 0.1) is 12.8 Å². The predicted octanol–water partition coefficient (Wildman–Crippen LogP) is 4.00. The van der Waals surface area contributed by atoms with E-state index in [-0.39, 0.29) is 5.91 Å². The van der Waals surface area contributed by atoms with Crippen LogP contribution in [0.25, 0.3) is 0 Å². The molecule has 1 aliphatic heterocycles. The zero-order valence-electron chi connectivity index (χ0n) is 18.0. The zero-order valence-corrected chi connectivity index (χ0v) is 18.8. The van der Waals surface area contributed by atoms with E-state index in [1.165, 1.54) is 16.9 Å². The lowest BCUT2D eigenvalue weighted by Crippen LogP contribution is -2.41. The van der Waals surface area contributed by atoms with Crippen molar-refractivity contribution in [2.75, 3.05) is 26.7 Å². The third kappa shape index (κ3) is 5.71. The highest BCUT2D eigenvalue weighted by Crippen LogP contribution is 2.22. The molecule has 1 aromatic carbocycles. The first-order chi connectivity index (χ1) is 15.1. The largest absolute Gasteiger partial charge is 0.493 e. The molecule has 1 amide bonds. The average molecular weight is 441 g/mol. The Bertz CT molecular complexity index is 971. The van der Waals surface area contributed by atoms with Gasteiger partial charge in [-0.05, 0) is 56.0 Å². The molecule has 0 saturated carbocycles. The molecule has 1 saturated heterocycles. The summed E-state index contributed by atoms with van der Waals surface area (Å²) in [6.07, 6.45) is 2.12. The fourth-order valence-corrected chi connectivity index (χ4v) is 4.55. The van der Waals surface area contributed by atoms with Crippen LogP contribution < -0.4 is 4.74 Å². The number of aromatic nitrogens is 2. The van der Waals surface area contributed by atoms with Crippen molar-refractivity contribution >= 4 is 17.2 Å². The molecule has 4 rings (SSSR count). The Morgan fingerprint density at radius 3 is 2.81 bits per heavy atom. The van der Waals surface area contributed by atoms with Gasteiger partial charge in [0.05, 0.1) is 11.5 Å². The normalized spacial score (nSPS) is 16.6. The van der Waals surface area contributed by atoms with Crippen LogP contribution in [-0.2, 0) is 13.1 Å². The van der Waals surface area contributed by atoms with Gasteiger partial charge in [-0.25, -0.2) is 4.63 Å². The smallest absolute Gasteiger partial charge is 0.263 e. The van der Waals surface area contributed by atoms with Crippen molar-refractivity contribution in [1.29, 1.82) is 0 Å². The Hall–Kier alpha value is -2.71. The molecule has 7 nitrogen and oxygen atoms in total. The van der Waals surface area contributed by atoms with Crippen molar-refractivity contribution in [3.05, 3.63) is 63.6 Å². The van der Waals surface area contributed by atoms with Crippen LogP contribution in [0.4, 0.5) is 0 Å². The number of hydrogen-bond donors (Lipinski definition) is 0. The number of benzene rings is 1. The van der Waals surface area contributed by atoms with Gasteiger partial charge >= 0.3 is 0 Å². The van der Waals surface area contributed by atoms with E-state index in [0.717, 1.165) is 54.5 Å². The van der Waals surface area contributed by atoms with E-state index in [2.05, 4.69) is 27.3 Å². The molecule has 0 N–H and O–H groups in total. The molecule has 3 aromatic rings. The van der Waals surface area contributed by atoms with Crippen LogP contribution in [0.15, 0.2) is 46.4 Å². The van der Waals surface area contributed by atoms with Crippen LogP contribution >= 0.6 is 11.3 Å². The fraction of sp³-hybridized carbons (Fsp3) is 0.435. The van der Waals surface area contributed by atoms with Crippen molar-refractivity contribution in [2.24, 2.45) is 5.92 Å². The average Bonchev–Trinajstić information content (AvgIpc) is 3.45. The third-order valence-electron chi connectivity index (χ3n) is 5.57. The molecule has 0 unspecified atom stereocenters. The molecular weight excluding hydrogens is 412 g/mol.